The van der Waals surface area contributed by atoms with Crippen LogP contribution in [0.2, 0.25) is 0 Å². The zero-order chi connectivity index (χ0) is 25.6. The van der Waals surface area contributed by atoms with Gasteiger partial charge in [-0.15, -0.1) is 0 Å². The Morgan fingerprint density at radius 1 is 0.914 bits per heavy atom. The lowest BCUT2D eigenvalue weighted by Crippen LogP contribution is -2.60. The topological polar surface area (TPSA) is 69.7 Å². The van der Waals surface area contributed by atoms with Gasteiger partial charge in [0, 0.05) is 38.5 Å². The van der Waals surface area contributed by atoms with E-state index in [1.807, 2.05) is 23.6 Å². The van der Waals surface area contributed by atoms with Crippen molar-refractivity contribution in [3.63, 3.8) is 0 Å². The van der Waals surface area contributed by atoms with E-state index in [1.54, 1.807) is 0 Å². The Labute approximate surface area is 215 Å². The van der Waals surface area contributed by atoms with Crippen LogP contribution in [0.4, 0.5) is 0 Å². The molecule has 0 aromatic carbocycles. The molecule has 1 aliphatic carbocycles. The molecule has 1 N–H and O–H groups in total. The van der Waals surface area contributed by atoms with Crippen molar-refractivity contribution in [2.45, 2.75) is 136 Å². The number of unbranched alkanes of at least 4 members (excludes halogenated alkanes) is 6. The van der Waals surface area contributed by atoms with Crippen LogP contribution < -0.4 is 5.32 Å². The van der Waals surface area contributed by atoms with E-state index in [1.165, 1.54) is 57.8 Å². The van der Waals surface area contributed by atoms with Crippen molar-refractivity contribution in [1.29, 1.82) is 0 Å². The molecule has 3 amide bonds. The minimum absolute atomic E-state index is 0.00835. The Morgan fingerprint density at radius 3 is 2.20 bits per heavy atom. The van der Waals surface area contributed by atoms with E-state index in [2.05, 4.69) is 19.2 Å². The fourth-order valence-electron chi connectivity index (χ4n) is 5.67. The summed E-state index contributed by atoms with van der Waals surface area (Å²) in [5.41, 5.74) is 0. The van der Waals surface area contributed by atoms with Crippen molar-refractivity contribution in [2.75, 3.05) is 19.6 Å². The van der Waals surface area contributed by atoms with E-state index in [-0.39, 0.29) is 29.7 Å². The van der Waals surface area contributed by atoms with Gasteiger partial charge in [0.15, 0.2) is 0 Å². The molecular weight excluding hydrogens is 438 g/mol. The number of rotatable bonds is 15. The molecule has 2 aliphatic rings. The molecule has 1 saturated heterocycles. The summed E-state index contributed by atoms with van der Waals surface area (Å²) in [5.74, 6) is 1.04. The molecule has 35 heavy (non-hydrogen) atoms. The number of carbonyl (C=O) groups is 3. The van der Waals surface area contributed by atoms with Crippen LogP contribution in [0.5, 0.6) is 0 Å². The van der Waals surface area contributed by atoms with Gasteiger partial charge >= 0.3 is 0 Å². The molecule has 3 unspecified atom stereocenters. The van der Waals surface area contributed by atoms with Crippen molar-refractivity contribution in [3.8, 4) is 0 Å². The first-order valence-corrected chi connectivity index (χ1v) is 14.7. The summed E-state index contributed by atoms with van der Waals surface area (Å²) >= 11 is 0. The van der Waals surface area contributed by atoms with E-state index >= 15 is 0 Å². The quantitative estimate of drug-likeness (QED) is 0.299. The van der Waals surface area contributed by atoms with Gasteiger partial charge in [0.05, 0.1) is 0 Å². The third-order valence-corrected chi connectivity index (χ3v) is 8.30. The SMILES string of the molecule is CCCCCCCCCC(=O)NC(C(=O)N1CCN(C(=O)CCC2CCCC2)C(C)C1)C(C)CC. The molecule has 0 spiro atoms. The third kappa shape index (κ3) is 10.1. The van der Waals surface area contributed by atoms with Gasteiger partial charge in [0.25, 0.3) is 0 Å². The van der Waals surface area contributed by atoms with Gasteiger partial charge in [-0.1, -0.05) is 91.4 Å². The van der Waals surface area contributed by atoms with Crippen LogP contribution in [0.15, 0.2) is 0 Å². The van der Waals surface area contributed by atoms with E-state index in [4.69, 9.17) is 0 Å². The van der Waals surface area contributed by atoms with Gasteiger partial charge in [-0.3, -0.25) is 14.4 Å². The van der Waals surface area contributed by atoms with E-state index in [0.29, 0.717) is 32.5 Å². The molecule has 6 nitrogen and oxygen atoms in total. The molecule has 0 radical (unpaired) electrons. The number of piperazine rings is 1. The van der Waals surface area contributed by atoms with Gasteiger partial charge in [0.2, 0.25) is 17.7 Å². The zero-order valence-corrected chi connectivity index (χ0v) is 23.2. The van der Waals surface area contributed by atoms with Crippen LogP contribution in [0.3, 0.4) is 0 Å². The maximum Gasteiger partial charge on any atom is 0.245 e. The van der Waals surface area contributed by atoms with Crippen LogP contribution in [-0.4, -0.2) is 59.2 Å². The Morgan fingerprint density at radius 2 is 1.57 bits per heavy atom. The summed E-state index contributed by atoms with van der Waals surface area (Å²) < 4.78 is 0. The maximum absolute atomic E-state index is 13.4. The minimum Gasteiger partial charge on any atom is -0.344 e. The highest BCUT2D eigenvalue weighted by atomic mass is 16.2. The van der Waals surface area contributed by atoms with Crippen molar-refractivity contribution >= 4 is 17.7 Å². The number of nitrogens with zero attached hydrogens (tertiary/aromatic N) is 2. The maximum atomic E-state index is 13.4. The second-order valence-corrected chi connectivity index (χ2v) is 11.2. The summed E-state index contributed by atoms with van der Waals surface area (Å²) in [6.07, 6.45) is 16.3. The fraction of sp³-hybridized carbons (Fsp3) is 0.897. The van der Waals surface area contributed by atoms with E-state index in [0.717, 1.165) is 31.6 Å². The Balaban J connectivity index is 1.79. The van der Waals surface area contributed by atoms with Crippen molar-refractivity contribution < 1.29 is 14.4 Å². The first kappa shape index (κ1) is 29.6. The molecule has 0 bridgehead atoms. The molecule has 2 fully saturated rings. The molecule has 2 rings (SSSR count). The molecule has 3 atom stereocenters. The highest BCUT2D eigenvalue weighted by Gasteiger charge is 2.35. The Hall–Kier alpha value is -1.59. The molecule has 1 saturated carbocycles. The molecule has 0 aromatic heterocycles. The van der Waals surface area contributed by atoms with Crippen LogP contribution in [0.25, 0.3) is 0 Å². The highest BCUT2D eigenvalue weighted by Crippen LogP contribution is 2.29. The summed E-state index contributed by atoms with van der Waals surface area (Å²) in [5, 5.41) is 3.07. The molecule has 1 aliphatic heterocycles. The largest absolute Gasteiger partial charge is 0.344 e. The van der Waals surface area contributed by atoms with Gasteiger partial charge in [-0.25, -0.2) is 0 Å². The fourth-order valence-corrected chi connectivity index (χ4v) is 5.67. The predicted molar refractivity (Wildman–Crippen MR) is 143 cm³/mol. The first-order chi connectivity index (χ1) is 16.9. The van der Waals surface area contributed by atoms with E-state index in [9.17, 15) is 14.4 Å². The lowest BCUT2D eigenvalue weighted by atomic mass is 9.96. The normalized spacial score (nSPS) is 20.6. The van der Waals surface area contributed by atoms with Crippen molar-refractivity contribution in [3.05, 3.63) is 0 Å². The van der Waals surface area contributed by atoms with Crippen LogP contribution in [0.1, 0.15) is 124 Å². The number of amides is 3. The molecule has 0 aromatic rings. The van der Waals surface area contributed by atoms with Crippen molar-refractivity contribution in [2.24, 2.45) is 11.8 Å². The number of hydrogen-bond acceptors (Lipinski definition) is 3. The number of hydrogen-bond donors (Lipinski definition) is 1. The monoisotopic (exact) mass is 491 g/mol. The lowest BCUT2D eigenvalue weighted by molar-refractivity contribution is -0.145. The molecule has 1 heterocycles. The molecule has 6 heteroatoms. The summed E-state index contributed by atoms with van der Waals surface area (Å²) in [6, 6.07) is -0.460. The average molecular weight is 492 g/mol. The van der Waals surface area contributed by atoms with Gasteiger partial charge < -0.3 is 15.1 Å². The molecular formula is C29H53N3O3. The average Bonchev–Trinajstić information content (AvgIpc) is 3.38. The van der Waals surface area contributed by atoms with Gasteiger partial charge in [-0.2, -0.15) is 0 Å². The van der Waals surface area contributed by atoms with Crippen molar-refractivity contribution in [1.82, 2.24) is 15.1 Å². The summed E-state index contributed by atoms with van der Waals surface area (Å²) in [6.45, 7) is 10.1. The standard InChI is InChI=1S/C29H53N3O3/c1-5-7-8-9-10-11-12-17-26(33)30-28(23(3)6-2)29(35)31-20-21-32(24(4)22-31)27(34)19-18-25-15-13-14-16-25/h23-25,28H,5-22H2,1-4H3,(H,30,33). The Kier molecular flexibility index (Phi) is 13.7. The highest BCUT2D eigenvalue weighted by molar-refractivity contribution is 5.88. The lowest BCUT2D eigenvalue weighted by Gasteiger charge is -2.41. The van der Waals surface area contributed by atoms with Gasteiger partial charge in [-0.05, 0) is 31.6 Å². The Bertz CT molecular complexity index is 647. The minimum atomic E-state index is -0.478. The summed E-state index contributed by atoms with van der Waals surface area (Å²) in [7, 11) is 0. The summed E-state index contributed by atoms with van der Waals surface area (Å²) in [4.78, 5) is 42.8. The van der Waals surface area contributed by atoms with Crippen LogP contribution in [0, 0.1) is 11.8 Å². The van der Waals surface area contributed by atoms with Crippen LogP contribution in [-0.2, 0) is 14.4 Å². The third-order valence-electron chi connectivity index (χ3n) is 8.30. The first-order valence-electron chi connectivity index (χ1n) is 14.7. The van der Waals surface area contributed by atoms with E-state index < -0.39 is 6.04 Å². The second-order valence-electron chi connectivity index (χ2n) is 11.2. The molecule has 202 valence electrons. The zero-order valence-electron chi connectivity index (χ0n) is 23.2. The predicted octanol–water partition coefficient (Wildman–Crippen LogP) is 5.69. The van der Waals surface area contributed by atoms with Gasteiger partial charge in [0.1, 0.15) is 6.04 Å². The smallest absolute Gasteiger partial charge is 0.245 e. The number of nitrogens with one attached hydrogen (secondary N) is 1. The second kappa shape index (κ2) is 16.2. The van der Waals surface area contributed by atoms with Crippen LogP contribution >= 0.6 is 0 Å². The number of carbonyl (C=O) groups excluding carboxylic acids is 3.